The lowest BCUT2D eigenvalue weighted by molar-refractivity contribution is 0.463. The van der Waals surface area contributed by atoms with Gasteiger partial charge in [-0.05, 0) is 36.1 Å². The molecule has 0 aliphatic carbocycles. The standard InChI is InChI=1S/C17H14O4S/c1-12-9-14(18)11-15(10-12)21-22(19,20)17-8-4-6-13-5-2-3-7-16(13)17/h2-11,18H,1H3. The molecule has 5 heteroatoms. The molecule has 0 heterocycles. The fraction of sp³-hybridized carbons (Fsp3) is 0.0588. The first-order valence-corrected chi connectivity index (χ1v) is 8.09. The van der Waals surface area contributed by atoms with Gasteiger partial charge in [0.15, 0.2) is 0 Å². The van der Waals surface area contributed by atoms with Crippen LogP contribution in [-0.4, -0.2) is 13.5 Å². The molecule has 3 rings (SSSR count). The summed E-state index contributed by atoms with van der Waals surface area (Å²) in [6.45, 7) is 1.75. The molecule has 0 aliphatic heterocycles. The number of hydrogen-bond acceptors (Lipinski definition) is 4. The monoisotopic (exact) mass is 314 g/mol. The SMILES string of the molecule is Cc1cc(O)cc(OS(=O)(=O)c2cccc3ccccc23)c1. The largest absolute Gasteiger partial charge is 0.508 e. The van der Waals surface area contributed by atoms with Crippen molar-refractivity contribution >= 4 is 20.9 Å². The molecular formula is C17H14O4S. The van der Waals surface area contributed by atoms with E-state index in [4.69, 9.17) is 4.18 Å². The van der Waals surface area contributed by atoms with Gasteiger partial charge in [0.05, 0.1) is 0 Å². The summed E-state index contributed by atoms with van der Waals surface area (Å²) < 4.78 is 30.2. The molecule has 3 aromatic rings. The molecule has 0 saturated carbocycles. The molecule has 1 N–H and O–H groups in total. The topological polar surface area (TPSA) is 63.6 Å². The zero-order chi connectivity index (χ0) is 15.7. The Bertz CT molecular complexity index is 920. The zero-order valence-electron chi connectivity index (χ0n) is 11.9. The van der Waals surface area contributed by atoms with Crippen LogP contribution in [0.15, 0.2) is 65.6 Å². The van der Waals surface area contributed by atoms with E-state index in [1.165, 1.54) is 18.2 Å². The van der Waals surface area contributed by atoms with Gasteiger partial charge >= 0.3 is 10.1 Å². The highest BCUT2D eigenvalue weighted by atomic mass is 32.2. The summed E-state index contributed by atoms with van der Waals surface area (Å²) in [5.74, 6) is 0.0496. The third-order valence-corrected chi connectivity index (χ3v) is 4.57. The van der Waals surface area contributed by atoms with Crippen LogP contribution in [0.25, 0.3) is 10.8 Å². The van der Waals surface area contributed by atoms with Crippen molar-refractivity contribution in [2.45, 2.75) is 11.8 Å². The molecule has 112 valence electrons. The second-order valence-corrected chi connectivity index (χ2v) is 6.53. The molecule has 3 aromatic carbocycles. The summed E-state index contributed by atoms with van der Waals surface area (Å²) in [6.07, 6.45) is 0. The van der Waals surface area contributed by atoms with Crippen LogP contribution in [-0.2, 0) is 10.1 Å². The Labute approximate surface area is 128 Å². The number of rotatable bonds is 3. The van der Waals surface area contributed by atoms with Crippen LogP contribution in [0, 0.1) is 6.92 Å². The molecule has 0 fully saturated rings. The summed E-state index contributed by atoms with van der Waals surface area (Å²) in [6, 6.07) is 16.6. The minimum atomic E-state index is -3.98. The molecule has 0 saturated heterocycles. The van der Waals surface area contributed by atoms with E-state index in [1.54, 1.807) is 31.2 Å². The van der Waals surface area contributed by atoms with E-state index < -0.39 is 10.1 Å². The number of benzene rings is 3. The maximum absolute atomic E-state index is 12.5. The number of phenols is 1. The molecule has 0 amide bonds. The van der Waals surface area contributed by atoms with Crippen molar-refractivity contribution in [2.24, 2.45) is 0 Å². The number of hydrogen-bond donors (Lipinski definition) is 1. The molecule has 0 radical (unpaired) electrons. The van der Waals surface area contributed by atoms with E-state index in [1.807, 2.05) is 18.2 Å². The van der Waals surface area contributed by atoms with E-state index in [0.717, 1.165) is 5.39 Å². The van der Waals surface area contributed by atoms with Crippen molar-refractivity contribution in [1.29, 1.82) is 0 Å². The summed E-state index contributed by atoms with van der Waals surface area (Å²) in [5, 5.41) is 11.0. The second kappa shape index (κ2) is 5.35. The first-order valence-electron chi connectivity index (χ1n) is 6.69. The van der Waals surface area contributed by atoms with Gasteiger partial charge < -0.3 is 9.29 Å². The van der Waals surface area contributed by atoms with Crippen molar-refractivity contribution in [3.05, 3.63) is 66.2 Å². The van der Waals surface area contributed by atoms with Gasteiger partial charge in [-0.3, -0.25) is 0 Å². The van der Waals surface area contributed by atoms with Crippen LogP contribution >= 0.6 is 0 Å². The smallest absolute Gasteiger partial charge is 0.339 e. The predicted molar refractivity (Wildman–Crippen MR) is 84.6 cm³/mol. The number of aromatic hydroxyl groups is 1. The highest BCUT2D eigenvalue weighted by Gasteiger charge is 2.19. The maximum Gasteiger partial charge on any atom is 0.339 e. The Kier molecular flexibility index (Phi) is 3.50. The van der Waals surface area contributed by atoms with Gasteiger partial charge in [-0.1, -0.05) is 36.4 Å². The number of aryl methyl sites for hydroxylation is 1. The molecular weight excluding hydrogens is 300 g/mol. The van der Waals surface area contributed by atoms with Gasteiger partial charge in [-0.25, -0.2) is 0 Å². The maximum atomic E-state index is 12.5. The Morgan fingerprint density at radius 1 is 0.955 bits per heavy atom. The Hall–Kier alpha value is -2.53. The average Bonchev–Trinajstić information content (AvgIpc) is 2.45. The lowest BCUT2D eigenvalue weighted by atomic mass is 10.1. The lowest BCUT2D eigenvalue weighted by Gasteiger charge is -2.10. The first kappa shape index (κ1) is 14.4. The highest BCUT2D eigenvalue weighted by molar-refractivity contribution is 7.87. The number of phenolic OH excluding ortho intramolecular Hbond substituents is 1. The fourth-order valence-corrected chi connectivity index (χ4v) is 3.50. The van der Waals surface area contributed by atoms with Crippen LogP contribution in [0.1, 0.15) is 5.56 Å². The van der Waals surface area contributed by atoms with Crippen LogP contribution in [0.4, 0.5) is 0 Å². The van der Waals surface area contributed by atoms with Crippen LogP contribution in [0.2, 0.25) is 0 Å². The lowest BCUT2D eigenvalue weighted by Crippen LogP contribution is -2.10. The van der Waals surface area contributed by atoms with Gasteiger partial charge in [0.1, 0.15) is 16.4 Å². The molecule has 4 nitrogen and oxygen atoms in total. The van der Waals surface area contributed by atoms with Crippen molar-refractivity contribution < 1.29 is 17.7 Å². The van der Waals surface area contributed by atoms with Crippen molar-refractivity contribution in [3.63, 3.8) is 0 Å². The highest BCUT2D eigenvalue weighted by Crippen LogP contribution is 2.28. The first-order chi connectivity index (χ1) is 10.5. The summed E-state index contributed by atoms with van der Waals surface area (Å²) >= 11 is 0. The minimum absolute atomic E-state index is 0.0388. The number of fused-ring (bicyclic) bond motifs is 1. The van der Waals surface area contributed by atoms with Gasteiger partial charge in [0.2, 0.25) is 0 Å². The van der Waals surface area contributed by atoms with Crippen molar-refractivity contribution in [2.75, 3.05) is 0 Å². The van der Waals surface area contributed by atoms with Gasteiger partial charge in [0.25, 0.3) is 0 Å². The third kappa shape index (κ3) is 2.76. The fourth-order valence-electron chi connectivity index (χ4n) is 2.36. The Morgan fingerprint density at radius 2 is 1.68 bits per heavy atom. The Morgan fingerprint density at radius 3 is 2.45 bits per heavy atom. The predicted octanol–water partition coefficient (Wildman–Crippen LogP) is 3.62. The minimum Gasteiger partial charge on any atom is -0.508 e. The van der Waals surface area contributed by atoms with Crippen LogP contribution in [0.3, 0.4) is 0 Å². The molecule has 0 aromatic heterocycles. The average molecular weight is 314 g/mol. The van der Waals surface area contributed by atoms with Crippen molar-refractivity contribution in [1.82, 2.24) is 0 Å². The molecule has 0 atom stereocenters. The van der Waals surface area contributed by atoms with E-state index in [9.17, 15) is 13.5 Å². The van der Waals surface area contributed by atoms with E-state index in [-0.39, 0.29) is 16.4 Å². The van der Waals surface area contributed by atoms with Crippen molar-refractivity contribution in [3.8, 4) is 11.5 Å². The zero-order valence-corrected chi connectivity index (χ0v) is 12.7. The van der Waals surface area contributed by atoms with E-state index >= 15 is 0 Å². The molecule has 22 heavy (non-hydrogen) atoms. The summed E-state index contributed by atoms with van der Waals surface area (Å²) in [7, 11) is -3.98. The van der Waals surface area contributed by atoms with E-state index in [0.29, 0.717) is 10.9 Å². The summed E-state index contributed by atoms with van der Waals surface area (Å²) in [5.41, 5.74) is 0.711. The normalized spacial score (nSPS) is 11.5. The van der Waals surface area contributed by atoms with Crippen LogP contribution < -0.4 is 4.18 Å². The second-order valence-electron chi connectivity index (χ2n) is 5.02. The quantitative estimate of drug-likeness (QED) is 0.750. The van der Waals surface area contributed by atoms with Crippen LogP contribution in [0.5, 0.6) is 11.5 Å². The summed E-state index contributed by atoms with van der Waals surface area (Å²) in [4.78, 5) is 0.103. The molecule has 0 aliphatic rings. The van der Waals surface area contributed by atoms with Gasteiger partial charge in [0, 0.05) is 11.5 Å². The Balaban J connectivity index is 2.09. The molecule has 0 spiro atoms. The molecule has 0 bridgehead atoms. The third-order valence-electron chi connectivity index (χ3n) is 3.26. The van der Waals surface area contributed by atoms with E-state index in [2.05, 4.69) is 0 Å². The van der Waals surface area contributed by atoms with Gasteiger partial charge in [-0.15, -0.1) is 0 Å². The van der Waals surface area contributed by atoms with Gasteiger partial charge in [-0.2, -0.15) is 8.42 Å². The molecule has 0 unspecified atom stereocenters.